The maximum atomic E-state index is 6.42. The van der Waals surface area contributed by atoms with Gasteiger partial charge < -0.3 is 19.9 Å². The molecule has 2 aliphatic heterocycles. The van der Waals surface area contributed by atoms with Gasteiger partial charge in [0.05, 0.1) is 19.3 Å². The van der Waals surface area contributed by atoms with Crippen molar-refractivity contribution in [3.05, 3.63) is 40.0 Å². The average Bonchev–Trinajstić information content (AvgIpc) is 2.76. The summed E-state index contributed by atoms with van der Waals surface area (Å²) in [4.78, 5) is 14.5. The van der Waals surface area contributed by atoms with Gasteiger partial charge in [0.2, 0.25) is 5.95 Å². The first-order chi connectivity index (χ1) is 16.4. The maximum Gasteiger partial charge on any atom is 0.227 e. The predicted octanol–water partition coefficient (Wildman–Crippen LogP) is 5.91. The van der Waals surface area contributed by atoms with Gasteiger partial charge in [0.15, 0.2) is 11.6 Å². The van der Waals surface area contributed by atoms with E-state index in [4.69, 9.17) is 32.9 Å². The second-order valence-electron chi connectivity index (χ2n) is 10.4. The fraction of sp³-hybridized carbons (Fsp3) is 0.615. The highest BCUT2D eigenvalue weighted by Crippen LogP contribution is 2.38. The Hall–Kier alpha value is -1.76. The van der Waals surface area contributed by atoms with Crippen LogP contribution in [0.25, 0.3) is 0 Å². The van der Waals surface area contributed by atoms with Crippen LogP contribution in [-0.2, 0) is 0 Å². The van der Waals surface area contributed by atoms with Crippen LogP contribution in [0.15, 0.2) is 24.4 Å². The average molecular weight is 505 g/mol. The maximum absolute atomic E-state index is 6.42. The SMILES string of the molecule is COc1cnc(N2CC([C@H]3CCCN(C4CC(C)C4)C3)C2)nc1N[C@H](C)c1ccc(Cl)cc1Cl. The third-order valence-corrected chi connectivity index (χ3v) is 8.52. The summed E-state index contributed by atoms with van der Waals surface area (Å²) in [5.74, 6) is 4.50. The molecule has 1 N–H and O–H groups in total. The predicted molar refractivity (Wildman–Crippen MR) is 139 cm³/mol. The number of nitrogens with one attached hydrogen (secondary N) is 1. The van der Waals surface area contributed by atoms with Crippen molar-refractivity contribution in [1.82, 2.24) is 14.9 Å². The number of halogens is 2. The van der Waals surface area contributed by atoms with E-state index in [1.165, 1.54) is 38.8 Å². The van der Waals surface area contributed by atoms with Gasteiger partial charge in [-0.25, -0.2) is 4.98 Å². The molecule has 0 radical (unpaired) electrons. The molecule has 2 saturated heterocycles. The van der Waals surface area contributed by atoms with Crippen LogP contribution < -0.4 is 15.0 Å². The van der Waals surface area contributed by atoms with Crippen LogP contribution in [0.5, 0.6) is 5.75 Å². The number of nitrogens with zero attached hydrogens (tertiary/aromatic N) is 4. The van der Waals surface area contributed by atoms with E-state index >= 15 is 0 Å². The van der Waals surface area contributed by atoms with E-state index in [1.54, 1.807) is 19.4 Å². The number of hydrogen-bond donors (Lipinski definition) is 1. The largest absolute Gasteiger partial charge is 0.491 e. The van der Waals surface area contributed by atoms with Crippen molar-refractivity contribution in [2.75, 3.05) is 43.5 Å². The molecular formula is C26H35Cl2N5O. The summed E-state index contributed by atoms with van der Waals surface area (Å²) in [5, 5.41) is 4.71. The molecule has 1 saturated carbocycles. The topological polar surface area (TPSA) is 53.5 Å². The van der Waals surface area contributed by atoms with Crippen molar-refractivity contribution in [2.45, 2.75) is 51.6 Å². The second kappa shape index (κ2) is 10.1. The van der Waals surface area contributed by atoms with Crippen molar-refractivity contribution in [3.8, 4) is 5.75 Å². The van der Waals surface area contributed by atoms with Gasteiger partial charge in [-0.15, -0.1) is 0 Å². The monoisotopic (exact) mass is 503 g/mol. The molecule has 1 aromatic carbocycles. The number of aromatic nitrogens is 2. The van der Waals surface area contributed by atoms with E-state index in [2.05, 4.69) is 27.0 Å². The van der Waals surface area contributed by atoms with Crippen LogP contribution >= 0.6 is 23.2 Å². The van der Waals surface area contributed by atoms with Crippen LogP contribution in [0.1, 0.15) is 51.1 Å². The molecule has 0 spiro atoms. The number of rotatable bonds is 7. The Morgan fingerprint density at radius 3 is 2.65 bits per heavy atom. The summed E-state index contributed by atoms with van der Waals surface area (Å²) < 4.78 is 5.53. The minimum Gasteiger partial charge on any atom is -0.491 e. The van der Waals surface area contributed by atoms with Crippen LogP contribution in [0.3, 0.4) is 0 Å². The third kappa shape index (κ3) is 4.95. The van der Waals surface area contributed by atoms with Gasteiger partial charge in [0.25, 0.3) is 0 Å². The molecule has 2 atom stereocenters. The zero-order chi connectivity index (χ0) is 23.8. The number of anilines is 2. The standard InChI is InChI=1S/C26H35Cl2N5O/c1-16-9-21(10-16)32-8-4-5-18(13-32)19-14-33(15-19)26-29-12-24(34-3)25(31-26)30-17(2)22-7-6-20(27)11-23(22)28/h6-7,11-12,16-19,21H,4-5,8-10,13-15H2,1-3H3,(H,29,30,31)/t16?,17-,18+,21?/m1/s1. The normalized spacial score (nSPS) is 26.5. The van der Waals surface area contributed by atoms with E-state index in [0.29, 0.717) is 21.6 Å². The Morgan fingerprint density at radius 2 is 1.94 bits per heavy atom. The van der Waals surface area contributed by atoms with E-state index < -0.39 is 0 Å². The molecule has 8 heteroatoms. The lowest BCUT2D eigenvalue weighted by Gasteiger charge is -2.50. The smallest absolute Gasteiger partial charge is 0.227 e. The van der Waals surface area contributed by atoms with Gasteiger partial charge in [-0.1, -0.05) is 36.2 Å². The zero-order valence-corrected chi connectivity index (χ0v) is 21.8. The number of hydrogen-bond acceptors (Lipinski definition) is 6. The summed E-state index contributed by atoms with van der Waals surface area (Å²) >= 11 is 12.5. The highest BCUT2D eigenvalue weighted by molar-refractivity contribution is 6.35. The lowest BCUT2D eigenvalue weighted by Crippen LogP contribution is -2.56. The number of benzene rings is 1. The second-order valence-corrected chi connectivity index (χ2v) is 11.3. The van der Waals surface area contributed by atoms with Gasteiger partial charge in [0.1, 0.15) is 0 Å². The molecule has 5 rings (SSSR count). The summed E-state index contributed by atoms with van der Waals surface area (Å²) in [6, 6.07) is 6.32. The van der Waals surface area contributed by atoms with Gasteiger partial charge in [-0.2, -0.15) is 4.98 Å². The molecule has 3 aliphatic rings. The Balaban J connectivity index is 1.22. The minimum absolute atomic E-state index is 0.0620. The third-order valence-electron chi connectivity index (χ3n) is 7.96. The molecule has 0 amide bonds. The number of methoxy groups -OCH3 is 1. The van der Waals surface area contributed by atoms with Crippen LogP contribution in [0.4, 0.5) is 11.8 Å². The molecule has 0 unspecified atom stereocenters. The number of likely N-dealkylation sites (tertiary alicyclic amines) is 1. The summed E-state index contributed by atoms with van der Waals surface area (Å²) in [6.07, 6.45) is 7.22. The lowest BCUT2D eigenvalue weighted by molar-refractivity contribution is 0.0294. The Morgan fingerprint density at radius 1 is 1.15 bits per heavy atom. The number of ether oxygens (including phenoxy) is 1. The molecule has 1 aromatic heterocycles. The molecule has 3 heterocycles. The van der Waals surface area contributed by atoms with Crippen LogP contribution in [-0.4, -0.2) is 54.2 Å². The molecule has 0 bridgehead atoms. The first-order valence-electron chi connectivity index (χ1n) is 12.5. The van der Waals surface area contributed by atoms with Crippen molar-refractivity contribution in [2.24, 2.45) is 17.8 Å². The summed E-state index contributed by atoms with van der Waals surface area (Å²) in [7, 11) is 1.64. The highest BCUT2D eigenvalue weighted by Gasteiger charge is 2.40. The summed E-state index contributed by atoms with van der Waals surface area (Å²) in [5.41, 5.74) is 0.958. The molecule has 34 heavy (non-hydrogen) atoms. The zero-order valence-electron chi connectivity index (χ0n) is 20.3. The molecular weight excluding hydrogens is 469 g/mol. The van der Waals surface area contributed by atoms with Crippen molar-refractivity contribution < 1.29 is 4.74 Å². The van der Waals surface area contributed by atoms with E-state index in [9.17, 15) is 0 Å². The Kier molecular flexibility index (Phi) is 7.10. The molecule has 1 aliphatic carbocycles. The van der Waals surface area contributed by atoms with Crippen molar-refractivity contribution in [3.63, 3.8) is 0 Å². The van der Waals surface area contributed by atoms with Gasteiger partial charge in [0, 0.05) is 35.7 Å². The minimum atomic E-state index is -0.0620. The first kappa shape index (κ1) is 24.0. The van der Waals surface area contributed by atoms with Gasteiger partial charge >= 0.3 is 0 Å². The van der Waals surface area contributed by atoms with E-state index in [1.807, 2.05) is 19.1 Å². The van der Waals surface area contributed by atoms with E-state index in [-0.39, 0.29) is 6.04 Å². The Labute approximate surface area is 213 Å². The van der Waals surface area contributed by atoms with Crippen LogP contribution in [0.2, 0.25) is 10.0 Å². The lowest BCUT2D eigenvalue weighted by atomic mass is 9.76. The van der Waals surface area contributed by atoms with Crippen LogP contribution in [0, 0.1) is 17.8 Å². The molecule has 6 nitrogen and oxygen atoms in total. The highest BCUT2D eigenvalue weighted by atomic mass is 35.5. The first-order valence-corrected chi connectivity index (χ1v) is 13.3. The number of piperidine rings is 1. The van der Waals surface area contributed by atoms with Crippen molar-refractivity contribution in [1.29, 1.82) is 0 Å². The summed E-state index contributed by atoms with van der Waals surface area (Å²) in [6.45, 7) is 9.05. The molecule has 3 fully saturated rings. The van der Waals surface area contributed by atoms with Gasteiger partial charge in [-0.3, -0.25) is 0 Å². The van der Waals surface area contributed by atoms with Gasteiger partial charge in [-0.05, 0) is 74.6 Å². The Bertz CT molecular complexity index is 1010. The fourth-order valence-corrected chi connectivity index (χ4v) is 6.36. The van der Waals surface area contributed by atoms with Crippen molar-refractivity contribution >= 4 is 35.0 Å². The fourth-order valence-electron chi connectivity index (χ4n) is 5.79. The molecule has 2 aromatic rings. The van der Waals surface area contributed by atoms with E-state index in [0.717, 1.165) is 48.4 Å². The molecule has 184 valence electrons. The quantitative estimate of drug-likeness (QED) is 0.506.